The summed E-state index contributed by atoms with van der Waals surface area (Å²) in [7, 11) is 0. The zero-order chi connectivity index (χ0) is 21.5. The van der Waals surface area contributed by atoms with E-state index in [0.717, 1.165) is 25.1 Å². The molecule has 4 N–H and O–H groups in total. The zero-order valence-electron chi connectivity index (χ0n) is 18.1. The molecule has 0 radical (unpaired) electrons. The van der Waals surface area contributed by atoms with Crippen LogP contribution in [0.15, 0.2) is 48.5 Å². The number of hydroxylamine groups is 1. The molecule has 4 rings (SSSR count). The quantitative estimate of drug-likeness (QED) is 0.224. The normalized spacial score (nSPS) is 14.7. The van der Waals surface area contributed by atoms with Crippen LogP contribution in [0.25, 0.3) is 10.9 Å². The van der Waals surface area contributed by atoms with Gasteiger partial charge in [-0.3, -0.25) is 10.0 Å². The lowest BCUT2D eigenvalue weighted by molar-refractivity contribution is -0.129. The molecule has 0 spiro atoms. The average Bonchev–Trinajstić information content (AvgIpc) is 3.20. The van der Waals surface area contributed by atoms with Crippen LogP contribution in [0.5, 0.6) is 0 Å². The number of benzene rings is 2. The van der Waals surface area contributed by atoms with Crippen molar-refractivity contribution in [2.75, 3.05) is 6.54 Å². The predicted octanol–water partition coefficient (Wildman–Crippen LogP) is 4.99. The summed E-state index contributed by atoms with van der Waals surface area (Å²) < 4.78 is 0. The summed E-state index contributed by atoms with van der Waals surface area (Å²) in [5.41, 5.74) is 8.25. The lowest BCUT2D eigenvalue weighted by Crippen LogP contribution is -2.19. The number of carbonyl (C=O) groups is 1. The van der Waals surface area contributed by atoms with Crippen molar-refractivity contribution < 1.29 is 10.0 Å². The summed E-state index contributed by atoms with van der Waals surface area (Å²) in [6.07, 6.45) is 8.63. The van der Waals surface area contributed by atoms with Gasteiger partial charge >= 0.3 is 0 Å². The van der Waals surface area contributed by atoms with E-state index >= 15 is 0 Å². The van der Waals surface area contributed by atoms with Gasteiger partial charge in [0.25, 0.3) is 0 Å². The first-order chi connectivity index (χ1) is 15.2. The van der Waals surface area contributed by atoms with E-state index in [9.17, 15) is 4.79 Å². The van der Waals surface area contributed by atoms with E-state index in [1.165, 1.54) is 59.8 Å². The van der Waals surface area contributed by atoms with Gasteiger partial charge in [0.05, 0.1) is 0 Å². The highest BCUT2D eigenvalue weighted by Crippen LogP contribution is 2.36. The van der Waals surface area contributed by atoms with E-state index in [1.807, 2.05) is 0 Å². The fourth-order valence-corrected chi connectivity index (χ4v) is 4.81. The monoisotopic (exact) mass is 419 g/mol. The van der Waals surface area contributed by atoms with Crippen LogP contribution in [-0.4, -0.2) is 22.6 Å². The Bertz CT molecular complexity index is 988. The molecule has 0 aliphatic heterocycles. The number of aromatic nitrogens is 1. The number of aromatic amines is 1. The minimum absolute atomic E-state index is 0.294. The van der Waals surface area contributed by atoms with E-state index in [2.05, 4.69) is 58.8 Å². The number of rotatable bonds is 9. The first-order valence-corrected chi connectivity index (χ1v) is 11.6. The van der Waals surface area contributed by atoms with Gasteiger partial charge in [0.2, 0.25) is 5.91 Å². The van der Waals surface area contributed by atoms with Crippen LogP contribution in [0.3, 0.4) is 0 Å². The lowest BCUT2D eigenvalue weighted by atomic mass is 9.85. The molecule has 1 heterocycles. The predicted molar refractivity (Wildman–Crippen MR) is 124 cm³/mol. The van der Waals surface area contributed by atoms with E-state index in [1.54, 1.807) is 5.48 Å². The van der Waals surface area contributed by atoms with Gasteiger partial charge in [0.15, 0.2) is 0 Å². The van der Waals surface area contributed by atoms with Gasteiger partial charge in [-0.25, -0.2) is 5.48 Å². The molecule has 2 aromatic carbocycles. The van der Waals surface area contributed by atoms with Crippen LogP contribution in [0.4, 0.5) is 0 Å². The van der Waals surface area contributed by atoms with Gasteiger partial charge in [0, 0.05) is 29.6 Å². The van der Waals surface area contributed by atoms with Crippen molar-refractivity contribution in [3.63, 3.8) is 0 Å². The highest BCUT2D eigenvalue weighted by molar-refractivity contribution is 5.85. The minimum Gasteiger partial charge on any atom is -0.358 e. The Kier molecular flexibility index (Phi) is 7.39. The Morgan fingerprint density at radius 2 is 1.71 bits per heavy atom. The fraction of sp³-hybridized carbons (Fsp3) is 0.423. The van der Waals surface area contributed by atoms with E-state index in [0.29, 0.717) is 18.8 Å². The van der Waals surface area contributed by atoms with Crippen LogP contribution >= 0.6 is 0 Å². The molecular formula is C26H33N3O2. The first-order valence-electron chi connectivity index (χ1n) is 11.6. The van der Waals surface area contributed by atoms with Crippen molar-refractivity contribution in [3.8, 4) is 0 Å². The molecule has 1 aromatic heterocycles. The number of para-hydroxylation sites is 1. The fourth-order valence-electron chi connectivity index (χ4n) is 4.81. The number of aryl methyl sites for hydroxylation is 1. The SMILES string of the molecule is O=C(CCc1ccc(CNCCc2c(C3CCCCC3)[nH]c3ccccc23)cc1)NO. The largest absolute Gasteiger partial charge is 0.358 e. The molecule has 1 aliphatic rings. The average molecular weight is 420 g/mol. The van der Waals surface area contributed by atoms with Crippen molar-refractivity contribution >= 4 is 16.8 Å². The number of hydrogen-bond donors (Lipinski definition) is 4. The molecule has 0 bridgehead atoms. The molecule has 1 fully saturated rings. The molecular weight excluding hydrogens is 386 g/mol. The van der Waals surface area contributed by atoms with Crippen LogP contribution in [-0.2, 0) is 24.2 Å². The van der Waals surface area contributed by atoms with Crippen LogP contribution in [0.1, 0.15) is 66.8 Å². The van der Waals surface area contributed by atoms with Gasteiger partial charge in [-0.15, -0.1) is 0 Å². The number of carbonyl (C=O) groups excluding carboxylic acids is 1. The van der Waals surface area contributed by atoms with Gasteiger partial charge in [-0.05, 0) is 60.9 Å². The Morgan fingerprint density at radius 1 is 0.968 bits per heavy atom. The van der Waals surface area contributed by atoms with Crippen LogP contribution < -0.4 is 10.8 Å². The van der Waals surface area contributed by atoms with E-state index in [4.69, 9.17) is 5.21 Å². The molecule has 3 aromatic rings. The third kappa shape index (κ3) is 5.54. The second kappa shape index (κ2) is 10.6. The summed E-state index contributed by atoms with van der Waals surface area (Å²) in [5, 5.41) is 13.6. The number of fused-ring (bicyclic) bond motifs is 1. The molecule has 5 nitrogen and oxygen atoms in total. The molecule has 5 heteroatoms. The number of amides is 1. The van der Waals surface area contributed by atoms with Gasteiger partial charge < -0.3 is 10.3 Å². The van der Waals surface area contributed by atoms with Crippen molar-refractivity contribution in [1.29, 1.82) is 0 Å². The molecule has 31 heavy (non-hydrogen) atoms. The second-order valence-electron chi connectivity index (χ2n) is 8.68. The summed E-state index contributed by atoms with van der Waals surface area (Å²) in [4.78, 5) is 14.9. The summed E-state index contributed by atoms with van der Waals surface area (Å²) in [6, 6.07) is 17.0. The molecule has 164 valence electrons. The maximum Gasteiger partial charge on any atom is 0.243 e. The summed E-state index contributed by atoms with van der Waals surface area (Å²) in [6.45, 7) is 1.78. The summed E-state index contributed by atoms with van der Waals surface area (Å²) >= 11 is 0. The molecule has 0 atom stereocenters. The number of nitrogens with one attached hydrogen (secondary N) is 3. The zero-order valence-corrected chi connectivity index (χ0v) is 18.1. The second-order valence-corrected chi connectivity index (χ2v) is 8.68. The van der Waals surface area contributed by atoms with Crippen molar-refractivity contribution in [2.45, 2.75) is 63.8 Å². The Labute approximate surface area is 184 Å². The molecule has 1 aliphatic carbocycles. The van der Waals surface area contributed by atoms with E-state index in [-0.39, 0.29) is 5.91 Å². The van der Waals surface area contributed by atoms with Gasteiger partial charge in [-0.2, -0.15) is 0 Å². The van der Waals surface area contributed by atoms with Crippen molar-refractivity contribution in [3.05, 3.63) is 70.9 Å². The Balaban J connectivity index is 1.34. The van der Waals surface area contributed by atoms with Crippen molar-refractivity contribution in [2.24, 2.45) is 0 Å². The topological polar surface area (TPSA) is 77.2 Å². The third-order valence-electron chi connectivity index (χ3n) is 6.53. The van der Waals surface area contributed by atoms with Crippen LogP contribution in [0, 0.1) is 0 Å². The van der Waals surface area contributed by atoms with E-state index < -0.39 is 0 Å². The molecule has 0 unspecified atom stereocenters. The standard InChI is InChI=1S/C26H33N3O2/c30-25(29-31)15-14-19-10-12-20(13-11-19)18-27-17-16-23-22-8-4-5-9-24(22)28-26(23)21-6-2-1-3-7-21/h4-5,8-13,21,27-28,31H,1-3,6-7,14-18H2,(H,29,30). The Morgan fingerprint density at radius 3 is 2.48 bits per heavy atom. The maximum atomic E-state index is 11.2. The lowest BCUT2D eigenvalue weighted by Gasteiger charge is -2.22. The van der Waals surface area contributed by atoms with Gasteiger partial charge in [0.1, 0.15) is 0 Å². The maximum absolute atomic E-state index is 11.2. The van der Waals surface area contributed by atoms with Crippen molar-refractivity contribution in [1.82, 2.24) is 15.8 Å². The number of hydrogen-bond acceptors (Lipinski definition) is 3. The molecule has 0 saturated heterocycles. The molecule has 1 saturated carbocycles. The summed E-state index contributed by atoms with van der Waals surface area (Å²) in [5.74, 6) is 0.326. The molecule has 1 amide bonds. The highest BCUT2D eigenvalue weighted by Gasteiger charge is 2.21. The smallest absolute Gasteiger partial charge is 0.243 e. The Hall–Kier alpha value is -2.63. The minimum atomic E-state index is -0.351. The number of H-pyrrole nitrogens is 1. The third-order valence-corrected chi connectivity index (χ3v) is 6.53. The first kappa shape index (κ1) is 21.6. The van der Waals surface area contributed by atoms with Gasteiger partial charge in [-0.1, -0.05) is 61.7 Å². The highest BCUT2D eigenvalue weighted by atomic mass is 16.5. The van der Waals surface area contributed by atoms with Crippen LogP contribution in [0.2, 0.25) is 0 Å².